The van der Waals surface area contributed by atoms with Gasteiger partial charge in [-0.3, -0.25) is 14.9 Å². The maximum atomic E-state index is 11.0. The lowest BCUT2D eigenvalue weighted by Gasteiger charge is -2.03. The summed E-state index contributed by atoms with van der Waals surface area (Å²) in [6, 6.07) is 4.39. The van der Waals surface area contributed by atoms with Gasteiger partial charge in [-0.15, -0.1) is 5.10 Å². The number of carbonyl (C=O) groups is 1. The second-order valence-electron chi connectivity index (χ2n) is 4.33. The summed E-state index contributed by atoms with van der Waals surface area (Å²) in [5.74, 6) is -0.919. The molecule has 110 valence electrons. The molecule has 0 radical (unpaired) electrons. The fourth-order valence-corrected chi connectivity index (χ4v) is 1.95. The minimum Gasteiger partial charge on any atom is -0.481 e. The van der Waals surface area contributed by atoms with Gasteiger partial charge in [-0.25, -0.2) is 4.68 Å². The van der Waals surface area contributed by atoms with Crippen molar-refractivity contribution in [3.8, 4) is 0 Å². The van der Waals surface area contributed by atoms with Crippen molar-refractivity contribution < 1.29 is 14.8 Å². The van der Waals surface area contributed by atoms with E-state index in [2.05, 4.69) is 10.3 Å². The molecule has 2 rings (SSSR count). The molecule has 0 aliphatic rings. The third-order valence-corrected chi connectivity index (χ3v) is 2.99. The lowest BCUT2D eigenvalue weighted by Crippen LogP contribution is -2.04. The normalized spacial score (nSPS) is 10.5. The molecule has 0 fully saturated rings. The predicted molar refractivity (Wildman–Crippen MR) is 73.2 cm³/mol. The van der Waals surface area contributed by atoms with E-state index in [4.69, 9.17) is 16.7 Å². The number of aryl methyl sites for hydroxylation is 1. The molecule has 0 aliphatic heterocycles. The number of aliphatic carboxylic acids is 1. The number of carboxylic acids is 1. The molecule has 0 unspecified atom stereocenters. The Hall–Kier alpha value is -2.48. The Kier molecular flexibility index (Phi) is 4.49. The molecular formula is C12H11ClN4O4. The smallest absolute Gasteiger partial charge is 0.303 e. The number of hydrogen-bond acceptors (Lipinski definition) is 5. The number of hydrogen-bond donors (Lipinski definition) is 1. The molecule has 1 aromatic carbocycles. The molecule has 0 bridgehead atoms. The lowest BCUT2D eigenvalue weighted by molar-refractivity contribution is -0.385. The molecule has 1 aromatic heterocycles. The van der Waals surface area contributed by atoms with Gasteiger partial charge < -0.3 is 5.11 Å². The fraction of sp³-hybridized carbons (Fsp3) is 0.250. The molecule has 0 spiro atoms. The average Bonchev–Trinajstić information content (AvgIpc) is 2.86. The van der Waals surface area contributed by atoms with Gasteiger partial charge in [-0.2, -0.15) is 0 Å². The summed E-state index contributed by atoms with van der Waals surface area (Å²) in [6.45, 7) is 0.160. The quantitative estimate of drug-likeness (QED) is 0.644. The van der Waals surface area contributed by atoms with Crippen molar-refractivity contribution in [1.29, 1.82) is 0 Å². The minimum atomic E-state index is -0.919. The van der Waals surface area contributed by atoms with Crippen molar-refractivity contribution in [3.05, 3.63) is 50.8 Å². The number of aromatic nitrogens is 3. The van der Waals surface area contributed by atoms with E-state index in [9.17, 15) is 14.9 Å². The lowest BCUT2D eigenvalue weighted by atomic mass is 10.2. The van der Waals surface area contributed by atoms with Crippen LogP contribution < -0.4 is 0 Å². The number of nitro benzene ring substituents is 1. The SMILES string of the molecule is O=C(O)CCc1cn(Cc2ccc(Cl)cc2[N+](=O)[O-])nn1. The van der Waals surface area contributed by atoms with Crippen LogP contribution in [0.1, 0.15) is 17.7 Å². The van der Waals surface area contributed by atoms with Crippen molar-refractivity contribution in [2.24, 2.45) is 0 Å². The summed E-state index contributed by atoms with van der Waals surface area (Å²) >= 11 is 5.74. The summed E-state index contributed by atoms with van der Waals surface area (Å²) in [6.07, 6.45) is 1.79. The van der Waals surface area contributed by atoms with Gasteiger partial charge >= 0.3 is 5.97 Å². The molecule has 1 heterocycles. The molecule has 0 aliphatic carbocycles. The van der Waals surface area contributed by atoms with Crippen LogP contribution in [-0.2, 0) is 17.8 Å². The first-order valence-corrected chi connectivity index (χ1v) is 6.37. The molecule has 2 aromatic rings. The van der Waals surface area contributed by atoms with E-state index in [0.29, 0.717) is 11.3 Å². The summed E-state index contributed by atoms with van der Waals surface area (Å²) in [5, 5.41) is 27.5. The molecule has 8 nitrogen and oxygen atoms in total. The van der Waals surface area contributed by atoms with E-state index in [1.807, 2.05) is 0 Å². The topological polar surface area (TPSA) is 111 Å². The van der Waals surface area contributed by atoms with Gasteiger partial charge in [0.2, 0.25) is 0 Å². The highest BCUT2D eigenvalue weighted by Crippen LogP contribution is 2.23. The van der Waals surface area contributed by atoms with Gasteiger partial charge in [0.25, 0.3) is 5.69 Å². The largest absolute Gasteiger partial charge is 0.481 e. The number of nitrogens with zero attached hydrogens (tertiary/aromatic N) is 4. The highest BCUT2D eigenvalue weighted by atomic mass is 35.5. The van der Waals surface area contributed by atoms with Crippen molar-refractivity contribution in [2.75, 3.05) is 0 Å². The van der Waals surface area contributed by atoms with Crippen LogP contribution in [0, 0.1) is 10.1 Å². The number of rotatable bonds is 6. The first-order valence-electron chi connectivity index (χ1n) is 5.99. The molecule has 0 saturated heterocycles. The number of benzene rings is 1. The van der Waals surface area contributed by atoms with E-state index in [-0.39, 0.29) is 30.1 Å². The molecule has 21 heavy (non-hydrogen) atoms. The van der Waals surface area contributed by atoms with Crippen LogP contribution in [0.25, 0.3) is 0 Å². The fourth-order valence-electron chi connectivity index (χ4n) is 1.78. The van der Waals surface area contributed by atoms with Crippen LogP contribution in [0.2, 0.25) is 5.02 Å². The first kappa shape index (κ1) is 14.9. The summed E-state index contributed by atoms with van der Waals surface area (Å²) in [4.78, 5) is 21.0. The van der Waals surface area contributed by atoms with Crippen molar-refractivity contribution >= 4 is 23.3 Å². The van der Waals surface area contributed by atoms with Gasteiger partial charge in [-0.05, 0) is 12.1 Å². The Labute approximate surface area is 124 Å². The number of nitro groups is 1. The summed E-state index contributed by atoms with van der Waals surface area (Å²) < 4.78 is 1.42. The Morgan fingerprint density at radius 1 is 1.48 bits per heavy atom. The molecular weight excluding hydrogens is 300 g/mol. The summed E-state index contributed by atoms with van der Waals surface area (Å²) in [7, 11) is 0. The van der Waals surface area contributed by atoms with Crippen LogP contribution in [0.4, 0.5) is 5.69 Å². The van der Waals surface area contributed by atoms with E-state index < -0.39 is 10.9 Å². The van der Waals surface area contributed by atoms with Crippen LogP contribution in [0.3, 0.4) is 0 Å². The van der Waals surface area contributed by atoms with E-state index in [1.165, 1.54) is 10.7 Å². The Bertz CT molecular complexity index is 686. The van der Waals surface area contributed by atoms with Gasteiger partial charge in [-0.1, -0.05) is 16.8 Å². The van der Waals surface area contributed by atoms with E-state index in [1.54, 1.807) is 18.3 Å². The molecule has 0 atom stereocenters. The van der Waals surface area contributed by atoms with Crippen LogP contribution in [-0.4, -0.2) is 31.0 Å². The Balaban J connectivity index is 2.15. The average molecular weight is 311 g/mol. The predicted octanol–water partition coefficient (Wildman–Crippen LogP) is 1.91. The Morgan fingerprint density at radius 3 is 2.90 bits per heavy atom. The molecule has 9 heteroatoms. The van der Waals surface area contributed by atoms with Gasteiger partial charge in [0.15, 0.2) is 0 Å². The van der Waals surface area contributed by atoms with E-state index >= 15 is 0 Å². The monoisotopic (exact) mass is 310 g/mol. The third kappa shape index (κ3) is 3.99. The summed E-state index contributed by atoms with van der Waals surface area (Å²) in [5.41, 5.74) is 0.873. The zero-order chi connectivity index (χ0) is 15.4. The highest BCUT2D eigenvalue weighted by Gasteiger charge is 2.15. The van der Waals surface area contributed by atoms with Crippen molar-refractivity contribution in [1.82, 2.24) is 15.0 Å². The second kappa shape index (κ2) is 6.31. The van der Waals surface area contributed by atoms with Crippen LogP contribution in [0.5, 0.6) is 0 Å². The third-order valence-electron chi connectivity index (χ3n) is 2.76. The highest BCUT2D eigenvalue weighted by molar-refractivity contribution is 6.30. The van der Waals surface area contributed by atoms with Gasteiger partial charge in [0.1, 0.15) is 0 Å². The second-order valence-corrected chi connectivity index (χ2v) is 4.77. The standard InChI is InChI=1S/C12H11ClN4O4/c13-9-2-1-8(11(5-9)17(20)21)6-16-7-10(14-15-16)3-4-12(18)19/h1-2,5,7H,3-4,6H2,(H,18,19). The zero-order valence-corrected chi connectivity index (χ0v) is 11.5. The van der Waals surface area contributed by atoms with Gasteiger partial charge in [0.05, 0.1) is 29.1 Å². The molecule has 0 saturated carbocycles. The Morgan fingerprint density at radius 2 is 2.24 bits per heavy atom. The zero-order valence-electron chi connectivity index (χ0n) is 10.8. The van der Waals surface area contributed by atoms with E-state index in [0.717, 1.165) is 0 Å². The van der Waals surface area contributed by atoms with Crippen molar-refractivity contribution in [2.45, 2.75) is 19.4 Å². The number of carboxylic acid groups (broad SMARTS) is 1. The minimum absolute atomic E-state index is 0.0419. The van der Waals surface area contributed by atoms with Crippen LogP contribution in [0.15, 0.2) is 24.4 Å². The van der Waals surface area contributed by atoms with Gasteiger partial charge in [0, 0.05) is 23.7 Å². The maximum absolute atomic E-state index is 11.0. The van der Waals surface area contributed by atoms with Crippen LogP contribution >= 0.6 is 11.6 Å². The molecule has 1 N–H and O–H groups in total. The number of halogens is 1. The first-order chi connectivity index (χ1) is 9.95. The molecule has 0 amide bonds. The van der Waals surface area contributed by atoms with Crippen molar-refractivity contribution in [3.63, 3.8) is 0 Å². The maximum Gasteiger partial charge on any atom is 0.303 e.